The van der Waals surface area contributed by atoms with Gasteiger partial charge in [-0.25, -0.2) is 4.79 Å². The molecule has 1 aromatic carbocycles. The van der Waals surface area contributed by atoms with Gasteiger partial charge in [0.25, 0.3) is 5.91 Å². The molecule has 6 heteroatoms. The number of ether oxygens (including phenoxy) is 1. The van der Waals surface area contributed by atoms with E-state index >= 15 is 0 Å². The predicted molar refractivity (Wildman–Crippen MR) is 101 cm³/mol. The van der Waals surface area contributed by atoms with Crippen molar-refractivity contribution in [3.05, 3.63) is 56.2 Å². The minimum atomic E-state index is -0.889. The number of hydrogen-bond acceptors (Lipinski definition) is 4. The van der Waals surface area contributed by atoms with Crippen LogP contribution in [0.5, 0.6) is 0 Å². The lowest BCUT2D eigenvalue weighted by atomic mass is 10.2. The minimum absolute atomic E-state index is 0.381. The molecule has 0 radical (unpaired) electrons. The zero-order valence-electron chi connectivity index (χ0n) is 13.6. The topological polar surface area (TPSA) is 55.4 Å². The van der Waals surface area contributed by atoms with Gasteiger partial charge in [-0.2, -0.15) is 0 Å². The number of anilines is 1. The smallest absolute Gasteiger partial charge is 0.331 e. The van der Waals surface area contributed by atoms with Crippen LogP contribution in [0, 0.1) is 13.8 Å². The fraction of sp³-hybridized carbons (Fsp3) is 0.222. The maximum Gasteiger partial charge on any atom is 0.331 e. The molecule has 0 unspecified atom stereocenters. The van der Waals surface area contributed by atoms with Gasteiger partial charge in [-0.1, -0.05) is 6.07 Å². The van der Waals surface area contributed by atoms with Crippen LogP contribution in [0.3, 0.4) is 0 Å². The quantitative estimate of drug-likeness (QED) is 0.576. The Morgan fingerprint density at radius 1 is 1.29 bits per heavy atom. The van der Waals surface area contributed by atoms with E-state index in [4.69, 9.17) is 4.74 Å². The summed E-state index contributed by atoms with van der Waals surface area (Å²) in [6.07, 6.45) is 2.15. The molecule has 0 saturated carbocycles. The average molecular weight is 408 g/mol. The molecule has 126 valence electrons. The molecule has 2 aromatic rings. The largest absolute Gasteiger partial charge is 0.449 e. The molecule has 0 saturated heterocycles. The van der Waals surface area contributed by atoms with E-state index in [1.54, 1.807) is 30.4 Å². The molecule has 0 fully saturated rings. The number of carbonyl (C=O) groups excluding carboxylic acids is 2. The molecule has 24 heavy (non-hydrogen) atoms. The van der Waals surface area contributed by atoms with Gasteiger partial charge in [0.15, 0.2) is 6.10 Å². The van der Waals surface area contributed by atoms with Gasteiger partial charge < -0.3 is 10.1 Å². The van der Waals surface area contributed by atoms with Gasteiger partial charge in [0.05, 0.1) is 5.69 Å². The summed E-state index contributed by atoms with van der Waals surface area (Å²) < 4.78 is 5.92. The number of nitrogens with one attached hydrogen (secondary N) is 1. The van der Waals surface area contributed by atoms with E-state index in [1.165, 1.54) is 6.08 Å². The van der Waals surface area contributed by atoms with Gasteiger partial charge in [0.1, 0.15) is 0 Å². The summed E-state index contributed by atoms with van der Waals surface area (Å²) >= 11 is 4.94. The summed E-state index contributed by atoms with van der Waals surface area (Å²) in [6.45, 7) is 5.47. The number of aryl methyl sites for hydroxylation is 2. The second-order valence-electron chi connectivity index (χ2n) is 5.35. The van der Waals surface area contributed by atoms with E-state index < -0.39 is 12.1 Å². The summed E-state index contributed by atoms with van der Waals surface area (Å²) in [6, 6.07) is 7.57. The summed E-state index contributed by atoms with van der Waals surface area (Å²) in [5.74, 6) is -0.929. The lowest BCUT2D eigenvalue weighted by molar-refractivity contribution is -0.148. The molecular weight excluding hydrogens is 390 g/mol. The third-order valence-electron chi connectivity index (χ3n) is 3.32. The van der Waals surface area contributed by atoms with Crippen LogP contribution in [0.25, 0.3) is 6.08 Å². The first-order chi connectivity index (χ1) is 11.4. The van der Waals surface area contributed by atoms with Crippen molar-refractivity contribution in [2.45, 2.75) is 26.9 Å². The highest BCUT2D eigenvalue weighted by Gasteiger charge is 2.17. The Bertz CT molecular complexity index is 782. The number of rotatable bonds is 5. The second-order valence-corrected chi connectivity index (χ2v) is 7.15. The van der Waals surface area contributed by atoms with Crippen molar-refractivity contribution >= 4 is 50.9 Å². The number of benzene rings is 1. The Labute approximate surface area is 153 Å². The molecule has 0 bridgehead atoms. The van der Waals surface area contributed by atoms with Crippen LogP contribution < -0.4 is 5.32 Å². The monoisotopic (exact) mass is 407 g/mol. The standard InChI is InChI=1S/C18H18BrNO3S/c1-11-4-5-15(14(19)10-11)20-18(22)13(3)23-17(21)7-6-16-12(2)8-9-24-16/h4-10,13H,1-3H3,(H,20,22)/b7-6+/t13-/m1/s1. The van der Waals surface area contributed by atoms with E-state index in [-0.39, 0.29) is 5.91 Å². The van der Waals surface area contributed by atoms with E-state index in [2.05, 4.69) is 21.2 Å². The molecule has 0 aliphatic rings. The molecule has 1 amide bonds. The molecule has 0 aliphatic heterocycles. The number of halogens is 1. The van der Waals surface area contributed by atoms with Crippen molar-refractivity contribution in [1.82, 2.24) is 0 Å². The lowest BCUT2D eigenvalue weighted by Gasteiger charge is -2.13. The van der Waals surface area contributed by atoms with Gasteiger partial charge >= 0.3 is 5.97 Å². The van der Waals surface area contributed by atoms with Crippen molar-refractivity contribution in [3.8, 4) is 0 Å². The fourth-order valence-corrected chi connectivity index (χ4v) is 3.33. The van der Waals surface area contributed by atoms with Crippen LogP contribution in [0.15, 0.2) is 40.2 Å². The maximum atomic E-state index is 12.1. The zero-order chi connectivity index (χ0) is 17.7. The molecule has 1 heterocycles. The van der Waals surface area contributed by atoms with E-state index in [0.29, 0.717) is 5.69 Å². The highest BCUT2D eigenvalue weighted by atomic mass is 79.9. The van der Waals surface area contributed by atoms with E-state index in [9.17, 15) is 9.59 Å². The number of hydrogen-bond donors (Lipinski definition) is 1. The van der Waals surface area contributed by atoms with Crippen LogP contribution in [0.4, 0.5) is 5.69 Å². The molecule has 4 nitrogen and oxygen atoms in total. The normalized spacial score (nSPS) is 12.2. The Hall–Kier alpha value is -1.92. The SMILES string of the molecule is Cc1ccc(NC(=O)[C@@H](C)OC(=O)/C=C/c2sccc2C)c(Br)c1. The highest BCUT2D eigenvalue weighted by molar-refractivity contribution is 9.10. The van der Waals surface area contributed by atoms with Crippen LogP contribution in [0.2, 0.25) is 0 Å². The number of thiophene rings is 1. The van der Waals surface area contributed by atoms with E-state index in [1.807, 2.05) is 37.4 Å². The molecule has 1 atom stereocenters. The Morgan fingerprint density at radius 2 is 2.04 bits per heavy atom. The second kappa shape index (κ2) is 8.26. The van der Waals surface area contributed by atoms with Crippen molar-refractivity contribution in [2.24, 2.45) is 0 Å². The van der Waals surface area contributed by atoms with E-state index in [0.717, 1.165) is 20.5 Å². The Morgan fingerprint density at radius 3 is 2.67 bits per heavy atom. The first kappa shape index (κ1) is 18.4. The third kappa shape index (κ3) is 5.04. The van der Waals surface area contributed by atoms with Crippen LogP contribution in [0.1, 0.15) is 22.9 Å². The van der Waals surface area contributed by atoms with Crippen LogP contribution in [-0.2, 0) is 14.3 Å². The zero-order valence-corrected chi connectivity index (χ0v) is 16.0. The first-order valence-electron chi connectivity index (χ1n) is 7.36. The highest BCUT2D eigenvalue weighted by Crippen LogP contribution is 2.23. The molecule has 2 rings (SSSR count). The van der Waals surface area contributed by atoms with Gasteiger partial charge in [0, 0.05) is 15.4 Å². The first-order valence-corrected chi connectivity index (χ1v) is 9.04. The van der Waals surface area contributed by atoms with Crippen molar-refractivity contribution in [2.75, 3.05) is 5.32 Å². The Kier molecular flexibility index (Phi) is 6.34. The number of carbonyl (C=O) groups is 2. The molecule has 0 spiro atoms. The van der Waals surface area contributed by atoms with Gasteiger partial charge in [-0.05, 0) is 77.5 Å². The van der Waals surface area contributed by atoms with Crippen LogP contribution >= 0.6 is 27.3 Å². The van der Waals surface area contributed by atoms with Crippen molar-refractivity contribution < 1.29 is 14.3 Å². The van der Waals surface area contributed by atoms with Crippen molar-refractivity contribution in [1.29, 1.82) is 0 Å². The van der Waals surface area contributed by atoms with Gasteiger partial charge in [0.2, 0.25) is 0 Å². The predicted octanol–water partition coefficient (Wildman–Crippen LogP) is 4.71. The van der Waals surface area contributed by atoms with Gasteiger partial charge in [-0.3, -0.25) is 4.79 Å². The maximum absolute atomic E-state index is 12.1. The third-order valence-corrected chi connectivity index (χ3v) is 4.96. The molecular formula is C18H18BrNO3S. The minimum Gasteiger partial charge on any atom is -0.449 e. The molecule has 1 aromatic heterocycles. The molecule has 0 aliphatic carbocycles. The fourth-order valence-electron chi connectivity index (χ4n) is 1.92. The molecule has 1 N–H and O–H groups in total. The number of esters is 1. The summed E-state index contributed by atoms with van der Waals surface area (Å²) in [7, 11) is 0. The van der Waals surface area contributed by atoms with Crippen molar-refractivity contribution in [3.63, 3.8) is 0 Å². The lowest BCUT2D eigenvalue weighted by Crippen LogP contribution is -2.29. The summed E-state index contributed by atoms with van der Waals surface area (Å²) in [5, 5.41) is 4.69. The average Bonchev–Trinajstić information content (AvgIpc) is 2.93. The summed E-state index contributed by atoms with van der Waals surface area (Å²) in [5.41, 5.74) is 2.81. The van der Waals surface area contributed by atoms with Crippen LogP contribution in [-0.4, -0.2) is 18.0 Å². The van der Waals surface area contributed by atoms with Gasteiger partial charge in [-0.15, -0.1) is 11.3 Å². The summed E-state index contributed by atoms with van der Waals surface area (Å²) in [4.78, 5) is 25.0. The Balaban J connectivity index is 1.92. The number of amides is 1.